The van der Waals surface area contributed by atoms with Crippen molar-refractivity contribution in [3.05, 3.63) is 24.1 Å². The molecule has 0 aromatic rings. The summed E-state index contributed by atoms with van der Waals surface area (Å²) in [5.74, 6) is 1.07. The van der Waals surface area contributed by atoms with Gasteiger partial charge in [-0.15, -0.1) is 0 Å². The minimum atomic E-state index is -1.63. The molecular formula is C11H21NOSi. The molecule has 0 aliphatic carbocycles. The van der Waals surface area contributed by atoms with Crippen LogP contribution in [0.1, 0.15) is 20.8 Å². The predicted molar refractivity (Wildman–Crippen MR) is 63.5 cm³/mol. The molecule has 0 aromatic heterocycles. The van der Waals surface area contributed by atoms with E-state index in [1.165, 1.54) is 0 Å². The minimum absolute atomic E-state index is 0.273. The molecule has 1 aliphatic heterocycles. The summed E-state index contributed by atoms with van der Waals surface area (Å²) in [6.07, 6.45) is 5.99. The van der Waals surface area contributed by atoms with Gasteiger partial charge in [-0.2, -0.15) is 0 Å². The summed E-state index contributed by atoms with van der Waals surface area (Å²) in [6, 6.07) is 0. The summed E-state index contributed by atoms with van der Waals surface area (Å²) in [5.41, 5.74) is 0. The fourth-order valence-corrected chi connectivity index (χ4v) is 2.09. The largest absolute Gasteiger partial charge is 0.545 e. The highest BCUT2D eigenvalue weighted by Crippen LogP contribution is 2.37. The van der Waals surface area contributed by atoms with Gasteiger partial charge in [-0.25, -0.2) is 0 Å². The molecule has 0 radical (unpaired) electrons. The fourth-order valence-electron chi connectivity index (χ4n) is 0.993. The number of nitrogens with one attached hydrogen (secondary N) is 1. The van der Waals surface area contributed by atoms with Crippen LogP contribution in [0.25, 0.3) is 0 Å². The van der Waals surface area contributed by atoms with Crippen LogP contribution in [0, 0.1) is 0 Å². The Morgan fingerprint density at radius 1 is 1.36 bits per heavy atom. The molecule has 1 N–H and O–H groups in total. The molecule has 1 heterocycles. The van der Waals surface area contributed by atoms with Gasteiger partial charge in [0.2, 0.25) is 8.32 Å². The molecule has 3 heteroatoms. The van der Waals surface area contributed by atoms with Crippen LogP contribution in [-0.4, -0.2) is 14.9 Å². The second kappa shape index (κ2) is 3.81. The Kier molecular flexibility index (Phi) is 3.09. The smallest absolute Gasteiger partial charge is 0.250 e. The first-order chi connectivity index (χ1) is 6.33. The van der Waals surface area contributed by atoms with Crippen molar-refractivity contribution < 1.29 is 4.43 Å². The number of rotatable bonds is 2. The highest BCUT2D eigenvalue weighted by atomic mass is 28.4. The molecule has 0 unspecified atom stereocenters. The fraction of sp³-hybridized carbons (Fsp3) is 0.636. The van der Waals surface area contributed by atoms with Gasteiger partial charge in [0, 0.05) is 0 Å². The number of hydrogen-bond acceptors (Lipinski definition) is 2. The summed E-state index contributed by atoms with van der Waals surface area (Å²) in [7, 11) is -1.63. The average molecular weight is 211 g/mol. The van der Waals surface area contributed by atoms with Gasteiger partial charge in [-0.05, 0) is 36.5 Å². The molecule has 0 amide bonds. The zero-order valence-electron chi connectivity index (χ0n) is 9.85. The standard InChI is InChI=1S/C11H21NOSi/c1-11(2,3)14(4,5)13-10-7-6-8-12-9-10/h6-8,12H,9H2,1-5H3. The third kappa shape index (κ3) is 2.64. The van der Waals surface area contributed by atoms with E-state index in [2.05, 4.69) is 45.3 Å². The SMILES string of the molecule is CC(C)(C)[Si](C)(C)OC1=CC=CNC1. The molecule has 1 rings (SSSR count). The van der Waals surface area contributed by atoms with Crippen LogP contribution >= 0.6 is 0 Å². The number of allylic oxidation sites excluding steroid dienone is 2. The van der Waals surface area contributed by atoms with E-state index in [4.69, 9.17) is 4.43 Å². The van der Waals surface area contributed by atoms with Crippen LogP contribution in [0.3, 0.4) is 0 Å². The first-order valence-corrected chi connectivity index (χ1v) is 8.02. The van der Waals surface area contributed by atoms with Crippen LogP contribution < -0.4 is 5.32 Å². The third-order valence-corrected chi connectivity index (χ3v) is 7.35. The quantitative estimate of drug-likeness (QED) is 0.709. The molecule has 80 valence electrons. The molecule has 14 heavy (non-hydrogen) atoms. The maximum Gasteiger partial charge on any atom is 0.250 e. The summed E-state index contributed by atoms with van der Waals surface area (Å²) in [4.78, 5) is 0. The Bertz CT molecular complexity index is 261. The van der Waals surface area contributed by atoms with E-state index in [9.17, 15) is 0 Å². The zero-order chi connectivity index (χ0) is 10.8. The lowest BCUT2D eigenvalue weighted by Gasteiger charge is -2.37. The van der Waals surface area contributed by atoms with Gasteiger partial charge in [0.1, 0.15) is 0 Å². The molecule has 0 saturated heterocycles. The third-order valence-electron chi connectivity index (χ3n) is 2.96. The first kappa shape index (κ1) is 11.4. The number of hydrogen-bond donors (Lipinski definition) is 1. The lowest BCUT2D eigenvalue weighted by Crippen LogP contribution is -2.41. The topological polar surface area (TPSA) is 21.3 Å². The van der Waals surface area contributed by atoms with Gasteiger partial charge < -0.3 is 9.74 Å². The van der Waals surface area contributed by atoms with Gasteiger partial charge in [0.05, 0.1) is 12.3 Å². The Hall–Kier alpha value is -0.703. The molecular weight excluding hydrogens is 190 g/mol. The van der Waals surface area contributed by atoms with E-state index in [0.717, 1.165) is 12.3 Å². The highest BCUT2D eigenvalue weighted by Gasteiger charge is 2.39. The van der Waals surface area contributed by atoms with Crippen molar-refractivity contribution in [3.63, 3.8) is 0 Å². The summed E-state index contributed by atoms with van der Waals surface area (Å²) in [5, 5.41) is 3.43. The van der Waals surface area contributed by atoms with Crippen molar-refractivity contribution in [1.29, 1.82) is 0 Å². The number of dihydropyridines is 1. The molecule has 0 atom stereocenters. The molecule has 0 spiro atoms. The van der Waals surface area contributed by atoms with Crippen molar-refractivity contribution in [1.82, 2.24) is 5.32 Å². The average Bonchev–Trinajstić information content (AvgIpc) is 2.03. The molecule has 0 saturated carbocycles. The molecule has 0 bridgehead atoms. The van der Waals surface area contributed by atoms with Gasteiger partial charge in [0.15, 0.2) is 0 Å². The Morgan fingerprint density at radius 2 is 2.00 bits per heavy atom. The van der Waals surface area contributed by atoms with Crippen molar-refractivity contribution in [2.45, 2.75) is 38.9 Å². The molecule has 0 aromatic carbocycles. The van der Waals surface area contributed by atoms with E-state index < -0.39 is 8.32 Å². The second-order valence-corrected chi connectivity index (χ2v) is 9.96. The maximum atomic E-state index is 6.13. The minimum Gasteiger partial charge on any atom is -0.545 e. The Labute approximate surface area is 88.2 Å². The van der Waals surface area contributed by atoms with Gasteiger partial charge in [0.25, 0.3) is 0 Å². The normalized spacial score (nSPS) is 17.4. The monoisotopic (exact) mass is 211 g/mol. The van der Waals surface area contributed by atoms with Crippen molar-refractivity contribution in [2.75, 3.05) is 6.54 Å². The summed E-state index contributed by atoms with van der Waals surface area (Å²) in [6.45, 7) is 12.1. The molecule has 0 fully saturated rings. The first-order valence-electron chi connectivity index (χ1n) is 5.11. The van der Waals surface area contributed by atoms with Crippen LogP contribution in [0.5, 0.6) is 0 Å². The van der Waals surface area contributed by atoms with Crippen molar-refractivity contribution in [3.8, 4) is 0 Å². The highest BCUT2D eigenvalue weighted by molar-refractivity contribution is 6.74. The molecule has 1 aliphatic rings. The van der Waals surface area contributed by atoms with Gasteiger partial charge in [-0.1, -0.05) is 20.8 Å². The van der Waals surface area contributed by atoms with Crippen molar-refractivity contribution >= 4 is 8.32 Å². The van der Waals surface area contributed by atoms with Gasteiger partial charge in [-0.3, -0.25) is 0 Å². The van der Waals surface area contributed by atoms with Crippen LogP contribution in [0.15, 0.2) is 24.1 Å². The zero-order valence-corrected chi connectivity index (χ0v) is 10.8. The van der Waals surface area contributed by atoms with Crippen LogP contribution in [0.2, 0.25) is 18.1 Å². The van der Waals surface area contributed by atoms with Gasteiger partial charge >= 0.3 is 0 Å². The lowest BCUT2D eigenvalue weighted by molar-refractivity contribution is 0.371. The van der Waals surface area contributed by atoms with Crippen molar-refractivity contribution in [2.24, 2.45) is 0 Å². The predicted octanol–water partition coefficient (Wildman–Crippen LogP) is 3.01. The second-order valence-electron chi connectivity index (χ2n) is 5.24. The van der Waals surface area contributed by atoms with E-state index in [0.29, 0.717) is 0 Å². The van der Waals surface area contributed by atoms with E-state index >= 15 is 0 Å². The lowest BCUT2D eigenvalue weighted by atomic mass is 10.2. The van der Waals surface area contributed by atoms with E-state index in [-0.39, 0.29) is 5.04 Å². The molecule has 2 nitrogen and oxygen atoms in total. The Morgan fingerprint density at radius 3 is 2.43 bits per heavy atom. The van der Waals surface area contributed by atoms with Crippen LogP contribution in [-0.2, 0) is 4.43 Å². The van der Waals surface area contributed by atoms with E-state index in [1.54, 1.807) is 0 Å². The summed E-state index contributed by atoms with van der Waals surface area (Å²) < 4.78 is 6.13. The Balaban J connectivity index is 2.67. The maximum absolute atomic E-state index is 6.13. The summed E-state index contributed by atoms with van der Waals surface area (Å²) >= 11 is 0. The van der Waals surface area contributed by atoms with Crippen LogP contribution in [0.4, 0.5) is 0 Å². The van der Waals surface area contributed by atoms with E-state index in [1.807, 2.05) is 12.3 Å².